The van der Waals surface area contributed by atoms with Gasteiger partial charge in [0.15, 0.2) is 0 Å². The topological polar surface area (TPSA) is 18.5 Å². The smallest absolute Gasteiger partial charge is 0.0415 e. The Labute approximate surface area is 124 Å². The average molecular weight is 275 g/mol. The summed E-state index contributed by atoms with van der Waals surface area (Å²) in [6.07, 6.45) is 1.18. The summed E-state index contributed by atoms with van der Waals surface area (Å²) in [6.45, 7) is 11.3. The number of nitrogens with one attached hydrogen (secondary N) is 1. The summed E-state index contributed by atoms with van der Waals surface area (Å²) in [5, 5.41) is 3.61. The molecule has 1 aliphatic heterocycles. The number of nitrogens with zero attached hydrogens (tertiary/aromatic N) is 2. The zero-order valence-corrected chi connectivity index (χ0v) is 13.4. The Morgan fingerprint density at radius 2 is 2.05 bits per heavy atom. The Balaban J connectivity index is 2.15. The van der Waals surface area contributed by atoms with Crippen LogP contribution in [-0.4, -0.2) is 44.2 Å². The summed E-state index contributed by atoms with van der Waals surface area (Å²) in [5.74, 6) is 0. The van der Waals surface area contributed by atoms with E-state index in [0.717, 1.165) is 26.2 Å². The molecule has 1 fully saturated rings. The van der Waals surface area contributed by atoms with Crippen LogP contribution in [0.15, 0.2) is 24.3 Å². The highest BCUT2D eigenvalue weighted by Gasteiger charge is 2.23. The molecule has 2 rings (SSSR count). The minimum atomic E-state index is 0.418. The first kappa shape index (κ1) is 15.3. The SMILES string of the molecule is CCCNC(C)c1ccccc1N1CCN(C)C(C)C1. The molecule has 0 amide bonds. The molecule has 1 aliphatic rings. The van der Waals surface area contributed by atoms with E-state index in [0.29, 0.717) is 12.1 Å². The Bertz CT molecular complexity index is 418. The summed E-state index contributed by atoms with van der Waals surface area (Å²) >= 11 is 0. The molecule has 1 N–H and O–H groups in total. The fraction of sp³-hybridized carbons (Fsp3) is 0.647. The number of anilines is 1. The third kappa shape index (κ3) is 3.53. The van der Waals surface area contributed by atoms with Crippen LogP contribution < -0.4 is 10.2 Å². The monoisotopic (exact) mass is 275 g/mol. The maximum atomic E-state index is 3.61. The first-order valence-electron chi connectivity index (χ1n) is 7.91. The van der Waals surface area contributed by atoms with Crippen LogP contribution in [0, 0.1) is 0 Å². The van der Waals surface area contributed by atoms with Crippen LogP contribution in [0.4, 0.5) is 5.69 Å². The maximum Gasteiger partial charge on any atom is 0.0415 e. The van der Waals surface area contributed by atoms with E-state index in [9.17, 15) is 0 Å². The second kappa shape index (κ2) is 7.09. The van der Waals surface area contributed by atoms with Crippen LogP contribution >= 0.6 is 0 Å². The highest BCUT2D eigenvalue weighted by atomic mass is 15.3. The molecule has 0 radical (unpaired) electrons. The Morgan fingerprint density at radius 3 is 2.75 bits per heavy atom. The molecular weight excluding hydrogens is 246 g/mol. The molecule has 1 aromatic carbocycles. The van der Waals surface area contributed by atoms with E-state index >= 15 is 0 Å². The van der Waals surface area contributed by atoms with Gasteiger partial charge in [0.25, 0.3) is 0 Å². The maximum absolute atomic E-state index is 3.61. The fourth-order valence-corrected chi connectivity index (χ4v) is 2.88. The summed E-state index contributed by atoms with van der Waals surface area (Å²) in [7, 11) is 2.22. The fourth-order valence-electron chi connectivity index (χ4n) is 2.88. The van der Waals surface area contributed by atoms with Crippen molar-refractivity contribution in [1.82, 2.24) is 10.2 Å². The van der Waals surface area contributed by atoms with Gasteiger partial charge in [0.05, 0.1) is 0 Å². The minimum absolute atomic E-state index is 0.418. The van der Waals surface area contributed by atoms with Crippen LogP contribution in [0.2, 0.25) is 0 Å². The van der Waals surface area contributed by atoms with Gasteiger partial charge in [0.2, 0.25) is 0 Å². The van der Waals surface area contributed by atoms with Crippen LogP contribution in [-0.2, 0) is 0 Å². The molecule has 20 heavy (non-hydrogen) atoms. The molecule has 2 unspecified atom stereocenters. The van der Waals surface area contributed by atoms with Crippen molar-refractivity contribution >= 4 is 5.69 Å². The summed E-state index contributed by atoms with van der Waals surface area (Å²) < 4.78 is 0. The van der Waals surface area contributed by atoms with E-state index in [4.69, 9.17) is 0 Å². The second-order valence-electron chi connectivity index (χ2n) is 6.01. The number of para-hydroxylation sites is 1. The van der Waals surface area contributed by atoms with Crippen LogP contribution in [0.5, 0.6) is 0 Å². The van der Waals surface area contributed by atoms with Crippen molar-refractivity contribution in [2.45, 2.75) is 39.3 Å². The Morgan fingerprint density at radius 1 is 1.30 bits per heavy atom. The van der Waals surface area contributed by atoms with E-state index in [1.54, 1.807) is 0 Å². The lowest BCUT2D eigenvalue weighted by atomic mass is 10.0. The normalized spacial score (nSPS) is 22.0. The zero-order chi connectivity index (χ0) is 14.5. The van der Waals surface area contributed by atoms with Gasteiger partial charge in [-0.3, -0.25) is 0 Å². The highest BCUT2D eigenvalue weighted by molar-refractivity contribution is 5.55. The van der Waals surface area contributed by atoms with Crippen molar-refractivity contribution in [3.05, 3.63) is 29.8 Å². The lowest BCUT2D eigenvalue weighted by molar-refractivity contribution is 0.234. The molecular formula is C17H29N3. The standard InChI is InChI=1S/C17H29N3/c1-5-10-18-15(3)16-8-6-7-9-17(16)20-12-11-19(4)14(2)13-20/h6-9,14-15,18H,5,10-13H2,1-4H3. The van der Waals surface area contributed by atoms with E-state index in [1.165, 1.54) is 17.7 Å². The van der Waals surface area contributed by atoms with E-state index < -0.39 is 0 Å². The molecule has 1 saturated heterocycles. The number of rotatable bonds is 5. The average Bonchev–Trinajstić information content (AvgIpc) is 2.47. The van der Waals surface area contributed by atoms with Gasteiger partial charge in [0.1, 0.15) is 0 Å². The molecule has 2 atom stereocenters. The second-order valence-corrected chi connectivity index (χ2v) is 6.01. The number of benzene rings is 1. The van der Waals surface area contributed by atoms with Crippen molar-refractivity contribution in [2.75, 3.05) is 38.1 Å². The largest absolute Gasteiger partial charge is 0.368 e. The zero-order valence-electron chi connectivity index (χ0n) is 13.4. The lowest BCUT2D eigenvalue weighted by Gasteiger charge is -2.40. The highest BCUT2D eigenvalue weighted by Crippen LogP contribution is 2.27. The molecule has 0 spiro atoms. The summed E-state index contributed by atoms with van der Waals surface area (Å²) in [6, 6.07) is 9.90. The van der Waals surface area contributed by atoms with Crippen LogP contribution in [0.1, 0.15) is 38.8 Å². The van der Waals surface area contributed by atoms with Gasteiger partial charge in [0, 0.05) is 37.4 Å². The van der Waals surface area contributed by atoms with Crippen LogP contribution in [0.3, 0.4) is 0 Å². The van der Waals surface area contributed by atoms with Gasteiger partial charge in [-0.2, -0.15) is 0 Å². The Kier molecular flexibility index (Phi) is 5.44. The molecule has 112 valence electrons. The number of likely N-dealkylation sites (N-methyl/N-ethyl adjacent to an activating group) is 1. The number of hydrogen-bond donors (Lipinski definition) is 1. The third-order valence-corrected chi connectivity index (χ3v) is 4.40. The summed E-state index contributed by atoms with van der Waals surface area (Å²) in [5.41, 5.74) is 2.83. The quantitative estimate of drug-likeness (QED) is 0.891. The molecule has 0 aromatic heterocycles. The van der Waals surface area contributed by atoms with Gasteiger partial charge >= 0.3 is 0 Å². The van der Waals surface area contributed by atoms with E-state index in [-0.39, 0.29) is 0 Å². The van der Waals surface area contributed by atoms with Crippen LogP contribution in [0.25, 0.3) is 0 Å². The van der Waals surface area contributed by atoms with Crippen molar-refractivity contribution in [3.63, 3.8) is 0 Å². The predicted molar refractivity (Wildman–Crippen MR) is 87.5 cm³/mol. The Hall–Kier alpha value is -1.06. The van der Waals surface area contributed by atoms with Gasteiger partial charge in [-0.25, -0.2) is 0 Å². The van der Waals surface area contributed by atoms with Crippen molar-refractivity contribution < 1.29 is 0 Å². The van der Waals surface area contributed by atoms with E-state index in [2.05, 4.69) is 67.2 Å². The van der Waals surface area contributed by atoms with Gasteiger partial charge in [-0.05, 0) is 45.5 Å². The minimum Gasteiger partial charge on any atom is -0.368 e. The number of hydrogen-bond acceptors (Lipinski definition) is 3. The third-order valence-electron chi connectivity index (χ3n) is 4.40. The lowest BCUT2D eigenvalue weighted by Crippen LogP contribution is -2.50. The van der Waals surface area contributed by atoms with Gasteiger partial charge in [-0.15, -0.1) is 0 Å². The molecule has 0 bridgehead atoms. The molecule has 1 heterocycles. The van der Waals surface area contributed by atoms with Crippen molar-refractivity contribution in [2.24, 2.45) is 0 Å². The van der Waals surface area contributed by atoms with Crippen molar-refractivity contribution in [3.8, 4) is 0 Å². The molecule has 3 heteroatoms. The first-order valence-corrected chi connectivity index (χ1v) is 7.91. The molecule has 3 nitrogen and oxygen atoms in total. The predicted octanol–water partition coefficient (Wildman–Crippen LogP) is 2.89. The number of piperazine rings is 1. The van der Waals surface area contributed by atoms with E-state index in [1.807, 2.05) is 0 Å². The summed E-state index contributed by atoms with van der Waals surface area (Å²) in [4.78, 5) is 4.99. The molecule has 0 aliphatic carbocycles. The molecule has 0 saturated carbocycles. The molecule has 1 aromatic rings. The van der Waals surface area contributed by atoms with Crippen molar-refractivity contribution in [1.29, 1.82) is 0 Å². The van der Waals surface area contributed by atoms with Gasteiger partial charge < -0.3 is 15.1 Å². The van der Waals surface area contributed by atoms with Gasteiger partial charge in [-0.1, -0.05) is 25.1 Å². The first-order chi connectivity index (χ1) is 9.63.